The van der Waals surface area contributed by atoms with Gasteiger partial charge < -0.3 is 0 Å². The average Bonchev–Trinajstić information content (AvgIpc) is 2.94. The molecule has 0 saturated carbocycles. The van der Waals surface area contributed by atoms with Gasteiger partial charge in [0.1, 0.15) is 11.6 Å². The van der Waals surface area contributed by atoms with Crippen molar-refractivity contribution in [3.63, 3.8) is 0 Å². The topological polar surface area (TPSA) is 73.8 Å². The van der Waals surface area contributed by atoms with Crippen molar-refractivity contribution in [3.05, 3.63) is 58.7 Å². The maximum atomic E-state index is 10.8. The molecule has 0 bridgehead atoms. The highest BCUT2D eigenvalue weighted by atomic mass is 16.6. The molecule has 2 heterocycles. The second-order valence-corrected chi connectivity index (χ2v) is 4.77. The first kappa shape index (κ1) is 13.2. The minimum Gasteiger partial charge on any atom is -0.288 e. The van der Waals surface area contributed by atoms with Gasteiger partial charge in [-0.05, 0) is 24.6 Å². The van der Waals surface area contributed by atoms with E-state index in [0.717, 1.165) is 35.4 Å². The van der Waals surface area contributed by atoms with E-state index in [2.05, 4.69) is 16.9 Å². The Morgan fingerprint density at radius 1 is 1.29 bits per heavy atom. The Hall–Kier alpha value is -2.76. The predicted molar refractivity (Wildman–Crippen MR) is 79.5 cm³/mol. The first-order valence-corrected chi connectivity index (χ1v) is 6.77. The average molecular weight is 282 g/mol. The fraction of sp³-hybridized carbons (Fsp3) is 0.200. The second kappa shape index (κ2) is 5.32. The Bertz CT molecular complexity index is 810. The summed E-state index contributed by atoms with van der Waals surface area (Å²) in [6, 6.07) is 8.38. The number of hydrogen-bond acceptors (Lipinski definition) is 4. The van der Waals surface area contributed by atoms with Crippen molar-refractivity contribution in [1.29, 1.82) is 0 Å². The Labute approximate surface area is 121 Å². The highest BCUT2D eigenvalue weighted by Gasteiger charge is 2.09. The van der Waals surface area contributed by atoms with E-state index in [0.29, 0.717) is 0 Å². The smallest absolute Gasteiger partial charge is 0.270 e. The summed E-state index contributed by atoms with van der Waals surface area (Å²) < 4.78 is 1.95. The molecule has 0 fully saturated rings. The van der Waals surface area contributed by atoms with Crippen molar-refractivity contribution in [3.8, 4) is 5.82 Å². The van der Waals surface area contributed by atoms with Gasteiger partial charge in [0.25, 0.3) is 5.69 Å². The van der Waals surface area contributed by atoms with Crippen LogP contribution in [0.5, 0.6) is 0 Å². The highest BCUT2D eigenvalue weighted by Crippen LogP contribution is 2.21. The number of nitrogens with zero attached hydrogens (tertiary/aromatic N) is 4. The summed E-state index contributed by atoms with van der Waals surface area (Å²) in [6.45, 7) is 2.10. The third-order valence-corrected chi connectivity index (χ3v) is 3.31. The minimum absolute atomic E-state index is 0.0753. The van der Waals surface area contributed by atoms with Crippen LogP contribution in [0.15, 0.2) is 42.7 Å². The highest BCUT2D eigenvalue weighted by molar-refractivity contribution is 5.81. The number of fused-ring (bicyclic) bond motifs is 1. The molecule has 0 aliphatic carbocycles. The van der Waals surface area contributed by atoms with Crippen LogP contribution in [0, 0.1) is 10.1 Å². The summed E-state index contributed by atoms with van der Waals surface area (Å²) in [5.41, 5.74) is 0.806. The van der Waals surface area contributed by atoms with Gasteiger partial charge in [-0.3, -0.25) is 14.7 Å². The van der Waals surface area contributed by atoms with Crippen LogP contribution in [-0.2, 0) is 6.42 Å². The van der Waals surface area contributed by atoms with Gasteiger partial charge in [-0.2, -0.15) is 0 Å². The predicted octanol–water partition coefficient (Wildman–Crippen LogP) is 3.28. The number of aromatic nitrogens is 3. The summed E-state index contributed by atoms with van der Waals surface area (Å²) >= 11 is 0. The first-order valence-electron chi connectivity index (χ1n) is 6.77. The fourth-order valence-corrected chi connectivity index (χ4v) is 2.30. The molecule has 106 valence electrons. The van der Waals surface area contributed by atoms with Crippen molar-refractivity contribution >= 4 is 16.6 Å². The molecule has 3 aromatic rings. The second-order valence-electron chi connectivity index (χ2n) is 4.77. The lowest BCUT2D eigenvalue weighted by Crippen LogP contribution is -2.02. The van der Waals surface area contributed by atoms with E-state index in [1.54, 1.807) is 12.3 Å². The van der Waals surface area contributed by atoms with Crippen molar-refractivity contribution < 1.29 is 4.92 Å². The van der Waals surface area contributed by atoms with Crippen molar-refractivity contribution in [1.82, 2.24) is 14.5 Å². The zero-order chi connectivity index (χ0) is 14.8. The Balaban J connectivity index is 2.07. The van der Waals surface area contributed by atoms with E-state index in [1.165, 1.54) is 12.1 Å². The molecule has 0 unspecified atom stereocenters. The molecule has 0 amide bonds. The molecule has 6 nitrogen and oxygen atoms in total. The van der Waals surface area contributed by atoms with Gasteiger partial charge in [0.15, 0.2) is 0 Å². The van der Waals surface area contributed by atoms with Crippen LogP contribution in [0.3, 0.4) is 0 Å². The molecule has 2 aromatic heterocycles. The number of nitro benzene ring substituents is 1. The lowest BCUT2D eigenvalue weighted by molar-refractivity contribution is -0.384. The monoisotopic (exact) mass is 282 g/mol. The van der Waals surface area contributed by atoms with Crippen LogP contribution in [-0.4, -0.2) is 19.5 Å². The molecule has 0 radical (unpaired) electrons. The standard InChI is InChI=1S/C15H14N4O2/c1-2-3-14-16-8-9-18(14)15-7-4-11-10-12(19(20)21)5-6-13(11)17-15/h4-10H,2-3H2,1H3. The van der Waals surface area contributed by atoms with E-state index < -0.39 is 4.92 Å². The van der Waals surface area contributed by atoms with Gasteiger partial charge in [0.05, 0.1) is 10.4 Å². The molecule has 21 heavy (non-hydrogen) atoms. The SMILES string of the molecule is CCCc1nccn1-c1ccc2cc([N+](=O)[O-])ccc2n1. The van der Waals surface area contributed by atoms with Gasteiger partial charge in [-0.1, -0.05) is 6.92 Å². The summed E-state index contributed by atoms with van der Waals surface area (Å²) in [6.07, 6.45) is 5.53. The lowest BCUT2D eigenvalue weighted by atomic mass is 10.2. The molecule has 0 spiro atoms. The number of benzene rings is 1. The molecule has 0 N–H and O–H groups in total. The number of hydrogen-bond donors (Lipinski definition) is 0. The van der Waals surface area contributed by atoms with E-state index in [9.17, 15) is 10.1 Å². The van der Waals surface area contributed by atoms with Crippen LogP contribution in [0.4, 0.5) is 5.69 Å². The molecular weight excluding hydrogens is 268 g/mol. The maximum Gasteiger partial charge on any atom is 0.270 e. The Kier molecular flexibility index (Phi) is 3.35. The summed E-state index contributed by atoms with van der Waals surface area (Å²) in [5.74, 6) is 1.74. The molecule has 0 atom stereocenters. The van der Waals surface area contributed by atoms with E-state index >= 15 is 0 Å². The van der Waals surface area contributed by atoms with Crippen molar-refractivity contribution in [2.24, 2.45) is 0 Å². The van der Waals surface area contributed by atoms with Gasteiger partial charge in [0.2, 0.25) is 0 Å². The van der Waals surface area contributed by atoms with E-state index in [1.807, 2.05) is 22.9 Å². The normalized spacial score (nSPS) is 10.9. The van der Waals surface area contributed by atoms with Crippen LogP contribution in [0.2, 0.25) is 0 Å². The summed E-state index contributed by atoms with van der Waals surface area (Å²) in [4.78, 5) is 19.3. The lowest BCUT2D eigenvalue weighted by Gasteiger charge is -2.07. The third-order valence-electron chi connectivity index (χ3n) is 3.31. The number of nitro groups is 1. The summed E-state index contributed by atoms with van der Waals surface area (Å²) in [5, 5.41) is 11.5. The Morgan fingerprint density at radius 3 is 2.90 bits per heavy atom. The first-order chi connectivity index (χ1) is 10.2. The van der Waals surface area contributed by atoms with Crippen LogP contribution in [0.1, 0.15) is 19.2 Å². The zero-order valence-electron chi connectivity index (χ0n) is 11.6. The van der Waals surface area contributed by atoms with Crippen LogP contribution < -0.4 is 0 Å². The Morgan fingerprint density at radius 2 is 2.14 bits per heavy atom. The minimum atomic E-state index is -0.400. The molecule has 0 saturated heterocycles. The van der Waals surface area contributed by atoms with Crippen LogP contribution in [0.25, 0.3) is 16.7 Å². The maximum absolute atomic E-state index is 10.8. The molecule has 6 heteroatoms. The fourth-order valence-electron chi connectivity index (χ4n) is 2.30. The van der Waals surface area contributed by atoms with Crippen LogP contribution >= 0.6 is 0 Å². The van der Waals surface area contributed by atoms with E-state index in [-0.39, 0.29) is 5.69 Å². The van der Waals surface area contributed by atoms with Crippen molar-refractivity contribution in [2.75, 3.05) is 0 Å². The molecule has 1 aromatic carbocycles. The van der Waals surface area contributed by atoms with E-state index in [4.69, 9.17) is 0 Å². The van der Waals surface area contributed by atoms with Crippen molar-refractivity contribution in [2.45, 2.75) is 19.8 Å². The number of aryl methyl sites for hydroxylation is 1. The molecular formula is C15H14N4O2. The number of rotatable bonds is 4. The quantitative estimate of drug-likeness (QED) is 0.543. The number of pyridine rings is 1. The zero-order valence-corrected chi connectivity index (χ0v) is 11.6. The molecule has 0 aliphatic rings. The third kappa shape index (κ3) is 2.47. The van der Waals surface area contributed by atoms with Gasteiger partial charge >= 0.3 is 0 Å². The largest absolute Gasteiger partial charge is 0.288 e. The van der Waals surface area contributed by atoms with Gasteiger partial charge in [0, 0.05) is 36.3 Å². The summed E-state index contributed by atoms with van der Waals surface area (Å²) in [7, 11) is 0. The molecule has 3 rings (SSSR count). The van der Waals surface area contributed by atoms with Gasteiger partial charge in [-0.25, -0.2) is 9.97 Å². The number of non-ortho nitro benzene ring substituents is 1. The molecule has 0 aliphatic heterocycles. The van der Waals surface area contributed by atoms with Gasteiger partial charge in [-0.15, -0.1) is 0 Å². The number of imidazole rings is 1.